The van der Waals surface area contributed by atoms with Gasteiger partial charge < -0.3 is 10.1 Å². The molecule has 2 amide bonds. The van der Waals surface area contributed by atoms with Crippen LogP contribution in [0.25, 0.3) is 10.9 Å². The third kappa shape index (κ3) is 4.08. The highest BCUT2D eigenvalue weighted by molar-refractivity contribution is 6.06. The number of carbonyl (C=O) groups excluding carboxylic acids is 2. The van der Waals surface area contributed by atoms with E-state index in [2.05, 4.69) is 10.4 Å². The largest absolute Gasteiger partial charge is 0.381 e. The van der Waals surface area contributed by atoms with Crippen LogP contribution in [-0.2, 0) is 27.9 Å². The first-order valence-electron chi connectivity index (χ1n) is 10.4. The number of hydrogen-bond donors (Lipinski definition) is 1. The summed E-state index contributed by atoms with van der Waals surface area (Å²) < 4.78 is 34.6. The molecule has 4 rings (SSSR count). The molecule has 2 aromatic carbocycles. The third-order valence-corrected chi connectivity index (χ3v) is 5.86. The first-order chi connectivity index (χ1) is 15.4. The van der Waals surface area contributed by atoms with E-state index in [4.69, 9.17) is 4.74 Å². The first-order valence-corrected chi connectivity index (χ1v) is 10.4. The molecule has 0 bridgehead atoms. The lowest BCUT2D eigenvalue weighted by Crippen LogP contribution is -2.64. The summed E-state index contributed by atoms with van der Waals surface area (Å²) in [6.07, 6.45) is -1.45. The minimum Gasteiger partial charge on any atom is -0.381 e. The number of aryl methyl sites for hydroxylation is 1. The Hall–Kier alpha value is -3.33. The topological polar surface area (TPSA) is 76.5 Å². The summed E-state index contributed by atoms with van der Waals surface area (Å²) in [5.41, 5.74) is 0.392. The van der Waals surface area contributed by atoms with Crippen molar-refractivity contribution < 1.29 is 23.1 Å². The minimum atomic E-state index is -3.26. The minimum absolute atomic E-state index is 0.108. The SMILES string of the molecule is Cn1ncc2cc(N(C(=O)C(F)F)C3(C(=O)NCc4ccccc4)CCOCC3)ccc21. The Balaban J connectivity index is 1.74. The van der Waals surface area contributed by atoms with Gasteiger partial charge in [0.25, 0.3) is 5.91 Å². The third-order valence-electron chi connectivity index (χ3n) is 5.86. The Labute approximate surface area is 183 Å². The zero-order valence-electron chi connectivity index (χ0n) is 17.6. The quantitative estimate of drug-likeness (QED) is 0.637. The number of amides is 2. The van der Waals surface area contributed by atoms with Crippen molar-refractivity contribution in [1.29, 1.82) is 0 Å². The summed E-state index contributed by atoms with van der Waals surface area (Å²) in [4.78, 5) is 27.2. The number of hydrogen-bond acceptors (Lipinski definition) is 4. The molecule has 0 atom stereocenters. The summed E-state index contributed by atoms with van der Waals surface area (Å²) in [6, 6.07) is 14.2. The maximum Gasteiger partial charge on any atom is 0.316 e. The van der Waals surface area contributed by atoms with Crippen molar-refractivity contribution >= 4 is 28.4 Å². The van der Waals surface area contributed by atoms with Gasteiger partial charge in [-0.3, -0.25) is 19.2 Å². The van der Waals surface area contributed by atoms with Crippen molar-refractivity contribution in [3.8, 4) is 0 Å². The molecule has 7 nitrogen and oxygen atoms in total. The summed E-state index contributed by atoms with van der Waals surface area (Å²) in [7, 11) is 1.76. The fourth-order valence-corrected chi connectivity index (χ4v) is 4.18. The molecule has 1 fully saturated rings. The van der Waals surface area contributed by atoms with Crippen LogP contribution in [0.15, 0.2) is 54.7 Å². The number of halogens is 2. The van der Waals surface area contributed by atoms with Crippen LogP contribution in [0, 0.1) is 0 Å². The molecular weight excluding hydrogens is 418 g/mol. The number of ether oxygens (including phenoxy) is 1. The predicted octanol–water partition coefficient (Wildman–Crippen LogP) is 3.04. The van der Waals surface area contributed by atoms with E-state index in [0.717, 1.165) is 16.0 Å². The lowest BCUT2D eigenvalue weighted by atomic mass is 9.85. The molecule has 0 unspecified atom stereocenters. The maximum absolute atomic E-state index is 13.8. The van der Waals surface area contributed by atoms with Gasteiger partial charge in [0.1, 0.15) is 5.54 Å². The number of nitrogens with one attached hydrogen (secondary N) is 1. The zero-order valence-corrected chi connectivity index (χ0v) is 17.6. The second kappa shape index (κ2) is 9.04. The second-order valence-corrected chi connectivity index (χ2v) is 7.80. The predicted molar refractivity (Wildman–Crippen MR) is 115 cm³/mol. The van der Waals surface area contributed by atoms with Crippen molar-refractivity contribution in [2.75, 3.05) is 18.1 Å². The normalized spacial score (nSPS) is 15.6. The standard InChI is InChI=1S/C23H24F2N4O3/c1-28-19-8-7-18(13-17(19)15-27-28)29(21(30)20(24)25)23(9-11-32-12-10-23)22(31)26-14-16-5-3-2-4-6-16/h2-8,13,15,20H,9-12,14H2,1H3,(H,26,31). The van der Waals surface area contributed by atoms with E-state index in [9.17, 15) is 18.4 Å². The molecule has 0 saturated carbocycles. The van der Waals surface area contributed by atoms with E-state index in [0.29, 0.717) is 5.39 Å². The number of aromatic nitrogens is 2. The van der Waals surface area contributed by atoms with Crippen molar-refractivity contribution in [3.05, 3.63) is 60.3 Å². The molecule has 1 saturated heterocycles. The highest BCUT2D eigenvalue weighted by Crippen LogP contribution is 2.36. The average Bonchev–Trinajstić information content (AvgIpc) is 3.18. The van der Waals surface area contributed by atoms with E-state index in [1.54, 1.807) is 36.1 Å². The monoisotopic (exact) mass is 442 g/mol. The van der Waals surface area contributed by atoms with Gasteiger partial charge in [0.15, 0.2) is 0 Å². The number of alkyl halides is 2. The lowest BCUT2D eigenvalue weighted by molar-refractivity contribution is -0.138. The van der Waals surface area contributed by atoms with Gasteiger partial charge in [-0.05, 0) is 23.8 Å². The number of benzene rings is 2. The smallest absolute Gasteiger partial charge is 0.316 e. The van der Waals surface area contributed by atoms with E-state index in [1.807, 2.05) is 30.3 Å². The lowest BCUT2D eigenvalue weighted by Gasteiger charge is -2.44. The van der Waals surface area contributed by atoms with E-state index >= 15 is 0 Å². The Morgan fingerprint density at radius 2 is 1.91 bits per heavy atom. The van der Waals surface area contributed by atoms with Crippen LogP contribution in [0.5, 0.6) is 0 Å². The first kappa shape index (κ1) is 21.9. The molecule has 0 radical (unpaired) electrons. The van der Waals surface area contributed by atoms with Gasteiger partial charge >= 0.3 is 6.43 Å². The maximum atomic E-state index is 13.8. The van der Waals surface area contributed by atoms with Crippen LogP contribution in [0.3, 0.4) is 0 Å². The van der Waals surface area contributed by atoms with E-state index in [-0.39, 0.29) is 38.3 Å². The highest BCUT2D eigenvalue weighted by atomic mass is 19.3. The second-order valence-electron chi connectivity index (χ2n) is 7.80. The molecule has 0 spiro atoms. The Kier molecular flexibility index (Phi) is 6.18. The van der Waals surface area contributed by atoms with Crippen LogP contribution in [0.4, 0.5) is 14.5 Å². The number of rotatable bonds is 6. The van der Waals surface area contributed by atoms with E-state index < -0.39 is 23.8 Å². The molecule has 1 aliphatic heterocycles. The van der Waals surface area contributed by atoms with Crippen LogP contribution < -0.4 is 10.2 Å². The van der Waals surface area contributed by atoms with Crippen LogP contribution in [0.1, 0.15) is 18.4 Å². The van der Waals surface area contributed by atoms with Crippen molar-refractivity contribution in [3.63, 3.8) is 0 Å². The van der Waals surface area contributed by atoms with Crippen molar-refractivity contribution in [2.24, 2.45) is 7.05 Å². The van der Waals surface area contributed by atoms with Crippen LogP contribution in [0.2, 0.25) is 0 Å². The Bertz CT molecular complexity index is 1110. The summed E-state index contributed by atoms with van der Waals surface area (Å²) >= 11 is 0. The summed E-state index contributed by atoms with van der Waals surface area (Å²) in [5, 5.41) is 7.70. The molecule has 1 aromatic heterocycles. The fourth-order valence-electron chi connectivity index (χ4n) is 4.18. The van der Waals surface area contributed by atoms with Gasteiger partial charge in [0, 0.05) is 50.7 Å². The van der Waals surface area contributed by atoms with Gasteiger partial charge in [-0.1, -0.05) is 30.3 Å². The Morgan fingerprint density at radius 1 is 1.19 bits per heavy atom. The number of fused-ring (bicyclic) bond motifs is 1. The highest BCUT2D eigenvalue weighted by Gasteiger charge is 2.50. The van der Waals surface area contributed by atoms with Gasteiger partial charge in [-0.2, -0.15) is 13.9 Å². The average molecular weight is 442 g/mol. The van der Waals surface area contributed by atoms with Gasteiger partial charge in [-0.25, -0.2) is 0 Å². The molecule has 0 aliphatic carbocycles. The number of carbonyl (C=O) groups is 2. The van der Waals surface area contributed by atoms with Crippen molar-refractivity contribution in [2.45, 2.75) is 31.4 Å². The van der Waals surface area contributed by atoms with Crippen LogP contribution in [-0.4, -0.2) is 46.8 Å². The van der Waals surface area contributed by atoms with E-state index in [1.165, 1.54) is 0 Å². The summed E-state index contributed by atoms with van der Waals surface area (Å²) in [5.74, 6) is -1.89. The number of nitrogens with zero attached hydrogens (tertiary/aromatic N) is 3. The molecular formula is C23H24F2N4O3. The molecule has 3 aromatic rings. The number of anilines is 1. The molecule has 32 heavy (non-hydrogen) atoms. The van der Waals surface area contributed by atoms with Gasteiger partial charge in [0.2, 0.25) is 5.91 Å². The Morgan fingerprint density at radius 3 is 2.59 bits per heavy atom. The van der Waals surface area contributed by atoms with Crippen molar-refractivity contribution in [1.82, 2.24) is 15.1 Å². The fraction of sp³-hybridized carbons (Fsp3) is 0.348. The molecule has 168 valence electrons. The van der Waals surface area contributed by atoms with Gasteiger partial charge in [0.05, 0.1) is 11.7 Å². The molecule has 1 aliphatic rings. The molecule has 9 heteroatoms. The molecule has 2 heterocycles. The zero-order chi connectivity index (χ0) is 22.7. The van der Waals surface area contributed by atoms with Gasteiger partial charge in [-0.15, -0.1) is 0 Å². The van der Waals surface area contributed by atoms with Crippen LogP contribution >= 0.6 is 0 Å². The summed E-state index contributed by atoms with van der Waals surface area (Å²) in [6.45, 7) is 0.586. The molecule has 1 N–H and O–H groups in total.